The summed E-state index contributed by atoms with van der Waals surface area (Å²) in [6.45, 7) is 0. The van der Waals surface area contributed by atoms with Crippen LogP contribution >= 0.6 is 0 Å². The Bertz CT molecular complexity index is 1550. The molecule has 0 fully saturated rings. The summed E-state index contributed by atoms with van der Waals surface area (Å²) < 4.78 is 29.8. The standard InChI is InChI=1S/C24H17N3O7S/c28-23-14-18-4-2-1-3-17(18)13-22(23)24(29)26-25-15-16-5-9-20(10-6-16)34-35(32,33)21-11-7-19(8-12-21)27(30)31/h1-15,28H,(H,26,29). The average molecular weight is 491 g/mol. The van der Waals surface area contributed by atoms with E-state index in [0.29, 0.717) is 5.56 Å². The molecule has 0 radical (unpaired) electrons. The fraction of sp³-hybridized carbons (Fsp3) is 0. The molecule has 0 aliphatic rings. The molecular weight excluding hydrogens is 474 g/mol. The van der Waals surface area contributed by atoms with Crippen molar-refractivity contribution < 1.29 is 27.4 Å². The number of amides is 1. The van der Waals surface area contributed by atoms with Gasteiger partial charge in [-0.2, -0.15) is 13.5 Å². The molecular formula is C24H17N3O7S. The molecule has 0 saturated carbocycles. The molecule has 0 heterocycles. The first-order chi connectivity index (χ1) is 16.7. The Labute approximate surface area is 199 Å². The van der Waals surface area contributed by atoms with Gasteiger partial charge >= 0.3 is 10.1 Å². The maximum Gasteiger partial charge on any atom is 0.339 e. The zero-order valence-electron chi connectivity index (χ0n) is 17.9. The summed E-state index contributed by atoms with van der Waals surface area (Å²) in [5, 5.41) is 26.3. The summed E-state index contributed by atoms with van der Waals surface area (Å²) in [5.74, 6) is -0.753. The van der Waals surface area contributed by atoms with Gasteiger partial charge in [-0.15, -0.1) is 0 Å². The van der Waals surface area contributed by atoms with Gasteiger partial charge < -0.3 is 9.29 Å². The first kappa shape index (κ1) is 23.4. The average Bonchev–Trinajstić information content (AvgIpc) is 2.84. The van der Waals surface area contributed by atoms with E-state index >= 15 is 0 Å². The molecule has 0 atom stereocenters. The van der Waals surface area contributed by atoms with Gasteiger partial charge in [0, 0.05) is 12.1 Å². The van der Waals surface area contributed by atoms with Crippen molar-refractivity contribution in [2.45, 2.75) is 4.90 Å². The number of nitrogens with zero attached hydrogens (tertiary/aromatic N) is 2. The highest BCUT2D eigenvalue weighted by atomic mass is 32.2. The number of phenols is 1. The largest absolute Gasteiger partial charge is 0.507 e. The third-order valence-corrected chi connectivity index (χ3v) is 6.17. The SMILES string of the molecule is O=C(NN=Cc1ccc(OS(=O)(=O)c2ccc([N+](=O)[O-])cc2)cc1)c1cc2ccccc2cc1O. The van der Waals surface area contributed by atoms with E-state index in [1.54, 1.807) is 6.07 Å². The van der Waals surface area contributed by atoms with E-state index in [0.717, 1.165) is 35.0 Å². The molecule has 4 aromatic rings. The maximum absolute atomic E-state index is 12.4. The first-order valence-corrected chi connectivity index (χ1v) is 11.5. The fourth-order valence-corrected chi connectivity index (χ4v) is 4.08. The molecule has 0 saturated heterocycles. The minimum Gasteiger partial charge on any atom is -0.507 e. The van der Waals surface area contributed by atoms with Gasteiger partial charge in [0.25, 0.3) is 11.6 Å². The van der Waals surface area contributed by atoms with Crippen LogP contribution < -0.4 is 9.61 Å². The highest BCUT2D eigenvalue weighted by Gasteiger charge is 2.18. The van der Waals surface area contributed by atoms with Gasteiger partial charge in [-0.25, -0.2) is 5.43 Å². The third kappa shape index (κ3) is 5.42. The van der Waals surface area contributed by atoms with Crippen LogP contribution in [0.5, 0.6) is 11.5 Å². The Morgan fingerprint density at radius 1 is 0.971 bits per heavy atom. The number of non-ortho nitro benzene ring substituents is 1. The van der Waals surface area contributed by atoms with E-state index in [1.165, 1.54) is 36.5 Å². The summed E-state index contributed by atoms with van der Waals surface area (Å²) in [5.41, 5.74) is 2.70. The maximum atomic E-state index is 12.4. The number of phenolic OH excluding ortho intramolecular Hbond substituents is 1. The van der Waals surface area contributed by atoms with Gasteiger partial charge in [-0.1, -0.05) is 24.3 Å². The minimum absolute atomic E-state index is 0.0191. The number of fused-ring (bicyclic) bond motifs is 1. The van der Waals surface area contributed by atoms with E-state index in [-0.39, 0.29) is 27.6 Å². The van der Waals surface area contributed by atoms with Gasteiger partial charge in [0.05, 0.1) is 16.7 Å². The number of benzene rings is 4. The molecule has 0 unspecified atom stereocenters. The Kier molecular flexibility index (Phi) is 6.42. The van der Waals surface area contributed by atoms with Crippen LogP contribution in [0.25, 0.3) is 10.8 Å². The Balaban J connectivity index is 1.40. The summed E-state index contributed by atoms with van der Waals surface area (Å²) in [6.07, 6.45) is 1.34. The van der Waals surface area contributed by atoms with E-state index in [1.807, 2.05) is 24.3 Å². The highest BCUT2D eigenvalue weighted by Crippen LogP contribution is 2.25. The first-order valence-electron chi connectivity index (χ1n) is 10.1. The second-order valence-corrected chi connectivity index (χ2v) is 8.82. The van der Waals surface area contributed by atoms with Crippen LogP contribution in [0.1, 0.15) is 15.9 Å². The Hall–Kier alpha value is -4.77. The lowest BCUT2D eigenvalue weighted by atomic mass is 10.1. The topological polar surface area (TPSA) is 148 Å². The van der Waals surface area contributed by atoms with Crippen molar-refractivity contribution in [2.24, 2.45) is 5.10 Å². The minimum atomic E-state index is -4.18. The molecule has 4 rings (SSSR count). The van der Waals surface area contributed by atoms with Crippen LogP contribution in [0.15, 0.2) is 94.9 Å². The monoisotopic (exact) mass is 491 g/mol. The second kappa shape index (κ2) is 9.61. The Morgan fingerprint density at radius 2 is 1.60 bits per heavy atom. The molecule has 0 aliphatic carbocycles. The molecule has 0 bridgehead atoms. The summed E-state index contributed by atoms with van der Waals surface area (Å²) >= 11 is 0. The number of carbonyl (C=O) groups excluding carboxylic acids is 1. The smallest absolute Gasteiger partial charge is 0.339 e. The highest BCUT2D eigenvalue weighted by molar-refractivity contribution is 7.87. The van der Waals surface area contributed by atoms with Crippen molar-refractivity contribution in [3.8, 4) is 11.5 Å². The number of nitrogens with one attached hydrogen (secondary N) is 1. The van der Waals surface area contributed by atoms with E-state index in [2.05, 4.69) is 10.5 Å². The van der Waals surface area contributed by atoms with Crippen molar-refractivity contribution in [2.75, 3.05) is 0 Å². The Morgan fingerprint density at radius 3 is 2.23 bits per heavy atom. The predicted molar refractivity (Wildman–Crippen MR) is 128 cm³/mol. The number of nitro benzene ring substituents is 1. The van der Waals surface area contributed by atoms with Crippen LogP contribution in [-0.4, -0.2) is 30.6 Å². The van der Waals surface area contributed by atoms with Crippen molar-refractivity contribution in [1.29, 1.82) is 0 Å². The molecule has 0 aromatic heterocycles. The number of hydrazone groups is 1. The molecule has 2 N–H and O–H groups in total. The van der Waals surface area contributed by atoms with E-state index in [4.69, 9.17) is 4.18 Å². The van der Waals surface area contributed by atoms with E-state index in [9.17, 15) is 28.4 Å². The number of aromatic hydroxyl groups is 1. The number of hydrogen-bond acceptors (Lipinski definition) is 8. The van der Waals surface area contributed by atoms with Gasteiger partial charge in [0.2, 0.25) is 0 Å². The summed E-state index contributed by atoms with van der Waals surface area (Å²) in [7, 11) is -4.18. The molecule has 4 aromatic carbocycles. The number of rotatable bonds is 7. The number of carbonyl (C=O) groups is 1. The van der Waals surface area contributed by atoms with Crippen molar-refractivity contribution in [3.63, 3.8) is 0 Å². The van der Waals surface area contributed by atoms with Gasteiger partial charge in [0.15, 0.2) is 0 Å². The predicted octanol–water partition coefficient (Wildman–Crippen LogP) is 3.99. The van der Waals surface area contributed by atoms with Gasteiger partial charge in [-0.05, 0) is 64.9 Å². The summed E-state index contributed by atoms with van der Waals surface area (Å²) in [4.78, 5) is 22.2. The van der Waals surface area contributed by atoms with Crippen LogP contribution in [0.4, 0.5) is 5.69 Å². The van der Waals surface area contributed by atoms with Crippen LogP contribution in [0, 0.1) is 10.1 Å². The van der Waals surface area contributed by atoms with Crippen molar-refractivity contribution >= 4 is 38.7 Å². The molecule has 176 valence electrons. The second-order valence-electron chi connectivity index (χ2n) is 7.27. The van der Waals surface area contributed by atoms with Crippen LogP contribution in [0.2, 0.25) is 0 Å². The van der Waals surface area contributed by atoms with Crippen molar-refractivity contribution in [1.82, 2.24) is 5.43 Å². The molecule has 0 spiro atoms. The van der Waals surface area contributed by atoms with Gasteiger partial charge in [0.1, 0.15) is 16.4 Å². The quantitative estimate of drug-likeness (QED) is 0.172. The van der Waals surface area contributed by atoms with Crippen molar-refractivity contribution in [3.05, 3.63) is 106 Å². The molecule has 0 aliphatic heterocycles. The zero-order chi connectivity index (χ0) is 25.0. The lowest BCUT2D eigenvalue weighted by Gasteiger charge is -2.07. The number of hydrogen-bond donors (Lipinski definition) is 2. The number of nitro groups is 1. The third-order valence-electron chi connectivity index (χ3n) is 4.91. The molecule has 1 amide bonds. The normalized spacial score (nSPS) is 11.4. The van der Waals surface area contributed by atoms with Gasteiger partial charge in [-0.3, -0.25) is 14.9 Å². The summed E-state index contributed by atoms with van der Waals surface area (Å²) in [6, 6.07) is 20.5. The van der Waals surface area contributed by atoms with Crippen LogP contribution in [-0.2, 0) is 10.1 Å². The molecule has 11 heteroatoms. The fourth-order valence-electron chi connectivity index (χ4n) is 3.15. The zero-order valence-corrected chi connectivity index (χ0v) is 18.7. The molecule has 10 nitrogen and oxygen atoms in total. The lowest BCUT2D eigenvalue weighted by molar-refractivity contribution is -0.384. The lowest BCUT2D eigenvalue weighted by Crippen LogP contribution is -2.17. The molecule has 35 heavy (non-hydrogen) atoms. The van der Waals surface area contributed by atoms with Crippen LogP contribution in [0.3, 0.4) is 0 Å². The van der Waals surface area contributed by atoms with E-state index < -0.39 is 20.9 Å².